The molecular formula is C22H20Cl4N2O2S. The monoisotopic (exact) mass is 516 g/mol. The molecule has 4 nitrogen and oxygen atoms in total. The van der Waals surface area contributed by atoms with Crippen molar-refractivity contribution < 1.29 is 9.32 Å². The standard InChI is InChI=1S/C22H20Cl4N2O2S/c1-3-5-14(16(25)11-23)18-15(24)10-17-20(19(18)26)28-22(27-17)21(29)12-6-8-13(9-7-12)31(30)4-2/h3,5-10,21,29H,4,11H2,1-2H3,(H,27,28)/b5-3-,16-14-. The fourth-order valence-corrected chi connectivity index (χ4v) is 4.93. The quantitative estimate of drug-likeness (QED) is 0.266. The molecule has 0 aliphatic carbocycles. The van der Waals surface area contributed by atoms with Gasteiger partial charge in [-0.3, -0.25) is 4.21 Å². The van der Waals surface area contributed by atoms with Crippen LogP contribution in [-0.4, -0.2) is 30.9 Å². The SMILES string of the molecule is C/C=C\C(=C(\Cl)CCl)c1c(Cl)cc2[nH]c(C(O)c3ccc(S(=O)CC)cc3)nc2c1Cl. The van der Waals surface area contributed by atoms with Crippen LogP contribution in [0.5, 0.6) is 0 Å². The van der Waals surface area contributed by atoms with Crippen LogP contribution in [0.2, 0.25) is 10.0 Å². The second-order valence-corrected chi connectivity index (χ2v) is 9.87. The summed E-state index contributed by atoms with van der Waals surface area (Å²) >= 11 is 25.4. The van der Waals surface area contributed by atoms with Crippen LogP contribution in [0.1, 0.15) is 36.9 Å². The molecule has 0 aliphatic rings. The third-order valence-corrected chi connectivity index (χ3v) is 7.41. The van der Waals surface area contributed by atoms with Gasteiger partial charge < -0.3 is 10.1 Å². The van der Waals surface area contributed by atoms with Gasteiger partial charge in [0.25, 0.3) is 0 Å². The highest BCUT2D eigenvalue weighted by atomic mass is 35.5. The zero-order chi connectivity index (χ0) is 22.7. The highest BCUT2D eigenvalue weighted by Gasteiger charge is 2.21. The molecule has 0 spiro atoms. The van der Waals surface area contributed by atoms with Gasteiger partial charge in [-0.1, -0.05) is 66.0 Å². The molecule has 3 rings (SSSR count). The van der Waals surface area contributed by atoms with Gasteiger partial charge in [0, 0.05) is 26.8 Å². The molecule has 1 aromatic heterocycles. The van der Waals surface area contributed by atoms with Crippen molar-refractivity contribution in [2.45, 2.75) is 24.8 Å². The molecule has 0 saturated heterocycles. The number of hydrogen-bond donors (Lipinski definition) is 2. The average molecular weight is 518 g/mol. The molecular weight excluding hydrogens is 498 g/mol. The summed E-state index contributed by atoms with van der Waals surface area (Å²) in [6.07, 6.45) is 2.58. The number of aliphatic hydroxyl groups excluding tert-OH is 1. The zero-order valence-corrected chi connectivity index (χ0v) is 20.6. The van der Waals surface area contributed by atoms with E-state index in [4.69, 9.17) is 46.4 Å². The minimum absolute atomic E-state index is 0.106. The number of allylic oxidation sites excluding steroid dienone is 4. The number of nitrogens with zero attached hydrogens (tertiary/aromatic N) is 1. The molecule has 2 atom stereocenters. The van der Waals surface area contributed by atoms with Crippen LogP contribution in [-0.2, 0) is 10.8 Å². The molecule has 31 heavy (non-hydrogen) atoms. The number of aromatic amines is 1. The summed E-state index contributed by atoms with van der Waals surface area (Å²) in [4.78, 5) is 8.31. The smallest absolute Gasteiger partial charge is 0.140 e. The number of halogens is 4. The van der Waals surface area contributed by atoms with Gasteiger partial charge in [0.05, 0.1) is 32.2 Å². The van der Waals surface area contributed by atoms with E-state index in [2.05, 4.69) is 9.97 Å². The van der Waals surface area contributed by atoms with E-state index >= 15 is 0 Å². The first-order valence-corrected chi connectivity index (χ1v) is 12.4. The Morgan fingerprint density at radius 3 is 2.55 bits per heavy atom. The molecule has 0 fully saturated rings. The molecule has 0 saturated carbocycles. The van der Waals surface area contributed by atoms with Gasteiger partial charge in [-0.2, -0.15) is 0 Å². The number of fused-ring (bicyclic) bond motifs is 1. The van der Waals surface area contributed by atoms with Gasteiger partial charge in [-0.25, -0.2) is 4.98 Å². The number of imidazole rings is 1. The molecule has 0 bridgehead atoms. The Bertz CT molecular complexity index is 1190. The van der Waals surface area contributed by atoms with E-state index in [0.29, 0.717) is 59.3 Å². The predicted molar refractivity (Wildman–Crippen MR) is 132 cm³/mol. The van der Waals surface area contributed by atoms with Crippen LogP contribution in [0.25, 0.3) is 16.6 Å². The van der Waals surface area contributed by atoms with Crippen LogP contribution in [0.3, 0.4) is 0 Å². The van der Waals surface area contributed by atoms with Gasteiger partial charge in [-0.15, -0.1) is 11.6 Å². The molecule has 9 heteroatoms. The molecule has 0 amide bonds. The molecule has 0 radical (unpaired) electrons. The third kappa shape index (κ3) is 5.03. The molecule has 164 valence electrons. The Morgan fingerprint density at radius 2 is 1.97 bits per heavy atom. The zero-order valence-electron chi connectivity index (χ0n) is 16.8. The van der Waals surface area contributed by atoms with Gasteiger partial charge in [0.15, 0.2) is 0 Å². The van der Waals surface area contributed by atoms with Crippen molar-refractivity contribution in [1.82, 2.24) is 9.97 Å². The fourth-order valence-electron chi connectivity index (χ4n) is 3.15. The summed E-state index contributed by atoms with van der Waals surface area (Å²) in [5.74, 6) is 0.953. The lowest BCUT2D eigenvalue weighted by Gasteiger charge is -2.11. The topological polar surface area (TPSA) is 66.0 Å². The summed E-state index contributed by atoms with van der Waals surface area (Å²) < 4.78 is 11.9. The van der Waals surface area contributed by atoms with Crippen molar-refractivity contribution in [1.29, 1.82) is 0 Å². The molecule has 2 aromatic carbocycles. The van der Waals surface area contributed by atoms with Gasteiger partial charge in [0.2, 0.25) is 0 Å². The van der Waals surface area contributed by atoms with E-state index in [1.807, 2.05) is 19.9 Å². The van der Waals surface area contributed by atoms with Crippen molar-refractivity contribution in [2.24, 2.45) is 0 Å². The number of aromatic nitrogens is 2. The van der Waals surface area contributed by atoms with Crippen LogP contribution < -0.4 is 0 Å². The second kappa shape index (κ2) is 10.5. The highest BCUT2D eigenvalue weighted by Crippen LogP contribution is 2.40. The lowest BCUT2D eigenvalue weighted by atomic mass is 10.0. The molecule has 2 unspecified atom stereocenters. The first-order chi connectivity index (χ1) is 14.8. The predicted octanol–water partition coefficient (Wildman–Crippen LogP) is 6.84. The van der Waals surface area contributed by atoms with E-state index < -0.39 is 16.9 Å². The van der Waals surface area contributed by atoms with Crippen molar-refractivity contribution in [3.05, 3.63) is 74.5 Å². The second-order valence-electron chi connectivity index (χ2n) is 6.62. The average Bonchev–Trinajstić information content (AvgIpc) is 3.21. The van der Waals surface area contributed by atoms with Crippen LogP contribution in [0.4, 0.5) is 0 Å². The minimum atomic E-state index is -1.06. The first kappa shape index (κ1) is 24.3. The van der Waals surface area contributed by atoms with Gasteiger partial charge in [-0.05, 0) is 30.7 Å². The summed E-state index contributed by atoms with van der Waals surface area (Å²) in [5, 5.41) is 11.9. The Labute approximate surface area is 203 Å². The van der Waals surface area contributed by atoms with E-state index in [0.717, 1.165) is 0 Å². The minimum Gasteiger partial charge on any atom is -0.380 e. The fraction of sp³-hybridized carbons (Fsp3) is 0.227. The van der Waals surface area contributed by atoms with Crippen molar-refractivity contribution in [3.8, 4) is 0 Å². The van der Waals surface area contributed by atoms with Gasteiger partial charge >= 0.3 is 0 Å². The van der Waals surface area contributed by atoms with E-state index in [1.165, 1.54) is 0 Å². The van der Waals surface area contributed by atoms with E-state index in [-0.39, 0.29) is 5.88 Å². The third-order valence-electron chi connectivity index (χ3n) is 4.68. The molecule has 1 heterocycles. The molecule has 0 aliphatic heterocycles. The van der Waals surface area contributed by atoms with E-state index in [1.54, 1.807) is 36.4 Å². The van der Waals surface area contributed by atoms with Crippen molar-refractivity contribution in [2.75, 3.05) is 11.6 Å². The summed E-state index contributed by atoms with van der Waals surface area (Å²) in [5.41, 5.74) is 2.79. The molecule has 3 aromatic rings. The van der Waals surface area contributed by atoms with Crippen LogP contribution >= 0.6 is 46.4 Å². The maximum absolute atomic E-state index is 11.9. The Hall–Kier alpha value is -1.34. The first-order valence-electron chi connectivity index (χ1n) is 9.44. The number of nitrogens with one attached hydrogen (secondary N) is 1. The summed E-state index contributed by atoms with van der Waals surface area (Å²) in [6, 6.07) is 8.63. The number of rotatable bonds is 7. The molecule has 2 N–H and O–H groups in total. The number of aliphatic hydroxyl groups is 1. The Balaban J connectivity index is 2.07. The van der Waals surface area contributed by atoms with E-state index in [9.17, 15) is 9.32 Å². The van der Waals surface area contributed by atoms with Crippen molar-refractivity contribution in [3.63, 3.8) is 0 Å². The number of alkyl halides is 1. The largest absolute Gasteiger partial charge is 0.380 e. The maximum atomic E-state index is 11.9. The van der Waals surface area contributed by atoms with Gasteiger partial charge in [0.1, 0.15) is 17.4 Å². The number of H-pyrrole nitrogens is 1. The van der Waals surface area contributed by atoms with Crippen molar-refractivity contribution >= 4 is 73.8 Å². The van der Waals surface area contributed by atoms with Crippen LogP contribution in [0.15, 0.2) is 52.4 Å². The Morgan fingerprint density at radius 1 is 1.29 bits per heavy atom. The maximum Gasteiger partial charge on any atom is 0.140 e. The Kier molecular flexibility index (Phi) is 8.25. The lowest BCUT2D eigenvalue weighted by Crippen LogP contribution is -2.02. The van der Waals surface area contributed by atoms with Crippen LogP contribution in [0, 0.1) is 0 Å². The summed E-state index contributed by atoms with van der Waals surface area (Å²) in [6.45, 7) is 3.71. The number of hydrogen-bond acceptors (Lipinski definition) is 3. The summed E-state index contributed by atoms with van der Waals surface area (Å²) in [7, 11) is -1.06. The highest BCUT2D eigenvalue weighted by molar-refractivity contribution is 7.85. The lowest BCUT2D eigenvalue weighted by molar-refractivity contribution is 0.211. The number of benzene rings is 2. The normalized spacial score (nSPS) is 14.8.